The van der Waals surface area contributed by atoms with Crippen molar-refractivity contribution in [3.8, 4) is 11.5 Å². The summed E-state index contributed by atoms with van der Waals surface area (Å²) >= 11 is 5.86. The van der Waals surface area contributed by atoms with Crippen LogP contribution < -0.4 is 10.1 Å². The normalized spacial score (nSPS) is 10.0. The summed E-state index contributed by atoms with van der Waals surface area (Å²) in [6, 6.07) is 6.26. The summed E-state index contributed by atoms with van der Waals surface area (Å²) in [6.07, 6.45) is 2.95. The van der Waals surface area contributed by atoms with E-state index < -0.39 is 5.97 Å². The Labute approximate surface area is 138 Å². The zero-order chi connectivity index (χ0) is 16.8. The average Bonchev–Trinajstić information content (AvgIpc) is 2.48. The van der Waals surface area contributed by atoms with Crippen molar-refractivity contribution in [2.75, 3.05) is 11.9 Å². The first-order chi connectivity index (χ1) is 11.0. The number of esters is 1. The second-order valence-electron chi connectivity index (χ2n) is 4.55. The highest BCUT2D eigenvalue weighted by Crippen LogP contribution is 2.29. The Kier molecular flexibility index (Phi) is 5.54. The van der Waals surface area contributed by atoms with E-state index in [1.165, 1.54) is 25.4 Å². The maximum Gasteiger partial charge on any atom is 0.342 e. The number of rotatable bonds is 5. The fourth-order valence-corrected chi connectivity index (χ4v) is 2.01. The number of aromatic nitrogens is 1. The minimum absolute atomic E-state index is 0.193. The van der Waals surface area contributed by atoms with Gasteiger partial charge in [0, 0.05) is 24.9 Å². The monoisotopic (exact) mass is 334 g/mol. The number of amides is 1. The SMILES string of the molecule is CCOC(=O)c1cc(NC(C)=O)ccc1Oc1cncc(Cl)c1. The summed E-state index contributed by atoms with van der Waals surface area (Å²) in [6.45, 7) is 3.31. The van der Waals surface area contributed by atoms with Crippen LogP contribution in [0.5, 0.6) is 11.5 Å². The molecule has 1 amide bonds. The van der Waals surface area contributed by atoms with Crippen molar-refractivity contribution in [1.29, 1.82) is 0 Å². The Bertz CT molecular complexity index is 734. The van der Waals surface area contributed by atoms with E-state index in [1.807, 2.05) is 0 Å². The molecule has 6 nitrogen and oxygen atoms in total. The van der Waals surface area contributed by atoms with Crippen molar-refractivity contribution in [1.82, 2.24) is 4.98 Å². The molecule has 0 aliphatic rings. The topological polar surface area (TPSA) is 77.5 Å². The van der Waals surface area contributed by atoms with Gasteiger partial charge in [-0.05, 0) is 25.1 Å². The van der Waals surface area contributed by atoms with E-state index in [1.54, 1.807) is 25.1 Å². The second kappa shape index (κ2) is 7.60. The van der Waals surface area contributed by atoms with Crippen molar-refractivity contribution in [2.45, 2.75) is 13.8 Å². The highest BCUT2D eigenvalue weighted by atomic mass is 35.5. The van der Waals surface area contributed by atoms with E-state index in [0.717, 1.165) is 0 Å². The van der Waals surface area contributed by atoms with E-state index >= 15 is 0 Å². The predicted molar refractivity (Wildman–Crippen MR) is 86.0 cm³/mol. The molecule has 7 heteroatoms. The average molecular weight is 335 g/mol. The van der Waals surface area contributed by atoms with Gasteiger partial charge in [-0.2, -0.15) is 0 Å². The molecule has 1 aromatic heterocycles. The third-order valence-electron chi connectivity index (χ3n) is 2.70. The minimum Gasteiger partial charge on any atom is -0.462 e. The molecule has 1 N–H and O–H groups in total. The summed E-state index contributed by atoms with van der Waals surface area (Å²) in [5.41, 5.74) is 0.662. The lowest BCUT2D eigenvalue weighted by molar-refractivity contribution is -0.114. The number of nitrogens with one attached hydrogen (secondary N) is 1. The van der Waals surface area contributed by atoms with E-state index in [0.29, 0.717) is 16.5 Å². The predicted octanol–water partition coefficient (Wildman–Crippen LogP) is 3.66. The zero-order valence-corrected chi connectivity index (χ0v) is 13.4. The second-order valence-corrected chi connectivity index (χ2v) is 4.99. The standard InChI is InChI=1S/C16H15ClN2O4/c1-3-22-16(21)14-7-12(19-10(2)20)4-5-15(14)23-13-6-11(17)8-18-9-13/h4-9H,3H2,1-2H3,(H,19,20). The zero-order valence-electron chi connectivity index (χ0n) is 12.6. The van der Waals surface area contributed by atoms with Crippen LogP contribution in [0.4, 0.5) is 5.69 Å². The molecule has 0 unspecified atom stereocenters. The third kappa shape index (κ3) is 4.69. The molecule has 1 heterocycles. The minimum atomic E-state index is -0.551. The van der Waals surface area contributed by atoms with Crippen LogP contribution in [0, 0.1) is 0 Å². The number of carbonyl (C=O) groups is 2. The number of hydrogen-bond acceptors (Lipinski definition) is 5. The number of benzene rings is 1. The maximum atomic E-state index is 12.1. The number of nitrogens with zero attached hydrogens (tertiary/aromatic N) is 1. The summed E-state index contributed by atoms with van der Waals surface area (Å²) in [5.74, 6) is -0.130. The van der Waals surface area contributed by atoms with Crippen LogP contribution >= 0.6 is 11.6 Å². The summed E-state index contributed by atoms with van der Waals surface area (Å²) in [7, 11) is 0. The number of pyridine rings is 1. The molecule has 0 fully saturated rings. The maximum absolute atomic E-state index is 12.1. The van der Waals surface area contributed by atoms with Gasteiger partial charge in [0.05, 0.1) is 17.8 Å². The van der Waals surface area contributed by atoms with Gasteiger partial charge in [0.15, 0.2) is 0 Å². The highest BCUT2D eigenvalue weighted by molar-refractivity contribution is 6.30. The van der Waals surface area contributed by atoms with Crippen LogP contribution in [0.1, 0.15) is 24.2 Å². The Morgan fingerprint density at radius 2 is 2.04 bits per heavy atom. The Morgan fingerprint density at radius 3 is 2.70 bits per heavy atom. The Morgan fingerprint density at radius 1 is 1.26 bits per heavy atom. The van der Waals surface area contributed by atoms with Crippen LogP contribution in [0.15, 0.2) is 36.7 Å². The van der Waals surface area contributed by atoms with Crippen molar-refractivity contribution < 1.29 is 19.1 Å². The Balaban J connectivity index is 2.36. The summed E-state index contributed by atoms with van der Waals surface area (Å²) in [5, 5.41) is 3.02. The number of ether oxygens (including phenoxy) is 2. The molecule has 2 rings (SSSR count). The Hall–Kier alpha value is -2.60. The quantitative estimate of drug-likeness (QED) is 0.844. The fourth-order valence-electron chi connectivity index (χ4n) is 1.84. The van der Waals surface area contributed by atoms with Gasteiger partial charge in [-0.1, -0.05) is 11.6 Å². The van der Waals surface area contributed by atoms with Crippen LogP contribution in [0.2, 0.25) is 5.02 Å². The van der Waals surface area contributed by atoms with Gasteiger partial charge in [0.25, 0.3) is 0 Å². The van der Waals surface area contributed by atoms with Gasteiger partial charge in [-0.15, -0.1) is 0 Å². The number of halogens is 1. The molecule has 2 aromatic rings. The molecule has 0 saturated carbocycles. The molecule has 0 bridgehead atoms. The first-order valence-electron chi connectivity index (χ1n) is 6.86. The smallest absolute Gasteiger partial charge is 0.342 e. The first kappa shape index (κ1) is 16.8. The van der Waals surface area contributed by atoms with Crippen molar-refractivity contribution in [2.24, 2.45) is 0 Å². The molecule has 120 valence electrons. The van der Waals surface area contributed by atoms with Gasteiger partial charge >= 0.3 is 5.97 Å². The van der Waals surface area contributed by atoms with Crippen LogP contribution in [-0.4, -0.2) is 23.5 Å². The van der Waals surface area contributed by atoms with Gasteiger partial charge in [0.1, 0.15) is 17.1 Å². The van der Waals surface area contributed by atoms with E-state index in [4.69, 9.17) is 21.1 Å². The van der Waals surface area contributed by atoms with Gasteiger partial charge in [-0.3, -0.25) is 9.78 Å². The van der Waals surface area contributed by atoms with Crippen molar-refractivity contribution in [3.05, 3.63) is 47.2 Å². The van der Waals surface area contributed by atoms with Crippen LogP contribution in [0.25, 0.3) is 0 Å². The molecule has 1 aromatic carbocycles. The molecule has 0 saturated heterocycles. The molecule has 0 aliphatic carbocycles. The van der Waals surface area contributed by atoms with E-state index in [-0.39, 0.29) is 23.8 Å². The molecule has 0 aliphatic heterocycles. The van der Waals surface area contributed by atoms with Crippen molar-refractivity contribution >= 4 is 29.2 Å². The number of carbonyl (C=O) groups excluding carboxylic acids is 2. The summed E-state index contributed by atoms with van der Waals surface area (Å²) in [4.78, 5) is 27.2. The van der Waals surface area contributed by atoms with Gasteiger partial charge < -0.3 is 14.8 Å². The molecule has 0 radical (unpaired) electrons. The number of anilines is 1. The van der Waals surface area contributed by atoms with Crippen molar-refractivity contribution in [3.63, 3.8) is 0 Å². The molecular formula is C16H15ClN2O4. The van der Waals surface area contributed by atoms with Crippen LogP contribution in [0.3, 0.4) is 0 Å². The lowest BCUT2D eigenvalue weighted by Gasteiger charge is -2.12. The highest BCUT2D eigenvalue weighted by Gasteiger charge is 2.16. The van der Waals surface area contributed by atoms with Gasteiger partial charge in [-0.25, -0.2) is 4.79 Å². The molecular weight excluding hydrogens is 320 g/mol. The molecule has 0 atom stereocenters. The molecule has 0 spiro atoms. The van der Waals surface area contributed by atoms with E-state index in [2.05, 4.69) is 10.3 Å². The van der Waals surface area contributed by atoms with Crippen LogP contribution in [-0.2, 0) is 9.53 Å². The fraction of sp³-hybridized carbons (Fsp3) is 0.188. The van der Waals surface area contributed by atoms with Gasteiger partial charge in [0.2, 0.25) is 5.91 Å². The lowest BCUT2D eigenvalue weighted by atomic mass is 10.1. The lowest BCUT2D eigenvalue weighted by Crippen LogP contribution is -2.10. The van der Waals surface area contributed by atoms with E-state index in [9.17, 15) is 9.59 Å². The third-order valence-corrected chi connectivity index (χ3v) is 2.91. The molecule has 23 heavy (non-hydrogen) atoms. The largest absolute Gasteiger partial charge is 0.462 e. The number of hydrogen-bond donors (Lipinski definition) is 1. The summed E-state index contributed by atoms with van der Waals surface area (Å²) < 4.78 is 10.7. The first-order valence-corrected chi connectivity index (χ1v) is 7.24.